The van der Waals surface area contributed by atoms with Gasteiger partial charge >= 0.3 is 5.97 Å². The average molecular weight is 403 g/mol. The van der Waals surface area contributed by atoms with Gasteiger partial charge in [0.1, 0.15) is 0 Å². The number of fused-ring (bicyclic) bond motifs is 1. The molecule has 0 aliphatic carbocycles. The fourth-order valence-electron chi connectivity index (χ4n) is 2.61. The van der Waals surface area contributed by atoms with Crippen LogP contribution >= 0.6 is 11.3 Å². The van der Waals surface area contributed by atoms with Gasteiger partial charge in [0, 0.05) is 5.69 Å². The van der Waals surface area contributed by atoms with Crippen LogP contribution in [0.25, 0.3) is 21.0 Å². The molecular formula is C21H13N3O4S. The maximum absolute atomic E-state index is 12.2. The first-order valence-electron chi connectivity index (χ1n) is 8.55. The van der Waals surface area contributed by atoms with Crippen LogP contribution in [-0.2, 0) is 9.53 Å². The van der Waals surface area contributed by atoms with E-state index in [0.29, 0.717) is 22.0 Å². The standard InChI is InChI=1S/C21H13N3O4S/c22-11-13-4-3-5-14(10-13)23-19(25)12-27-21(26)17-9-8-16(28-17)20-24-15-6-1-2-7-18(15)29-20/h1-10H,12H2,(H,23,25). The lowest BCUT2D eigenvalue weighted by Crippen LogP contribution is -2.20. The van der Waals surface area contributed by atoms with E-state index in [9.17, 15) is 9.59 Å². The van der Waals surface area contributed by atoms with Gasteiger partial charge in [-0.25, -0.2) is 9.78 Å². The van der Waals surface area contributed by atoms with Crippen molar-refractivity contribution >= 4 is 39.1 Å². The number of nitrogens with zero attached hydrogens (tertiary/aromatic N) is 2. The molecular weight excluding hydrogens is 390 g/mol. The minimum atomic E-state index is -0.752. The summed E-state index contributed by atoms with van der Waals surface area (Å²) >= 11 is 1.45. The van der Waals surface area contributed by atoms with Gasteiger partial charge in [0.05, 0.1) is 21.8 Å². The zero-order chi connectivity index (χ0) is 20.2. The first-order chi connectivity index (χ1) is 14.1. The van der Waals surface area contributed by atoms with E-state index in [0.717, 1.165) is 10.2 Å². The molecule has 0 aliphatic rings. The average Bonchev–Trinajstić information content (AvgIpc) is 3.39. The highest BCUT2D eigenvalue weighted by Crippen LogP contribution is 2.31. The van der Waals surface area contributed by atoms with Crippen molar-refractivity contribution in [3.8, 4) is 16.8 Å². The zero-order valence-electron chi connectivity index (χ0n) is 14.9. The van der Waals surface area contributed by atoms with Crippen LogP contribution in [0.5, 0.6) is 0 Å². The number of rotatable bonds is 5. The first kappa shape index (κ1) is 18.4. The summed E-state index contributed by atoms with van der Waals surface area (Å²) in [6.45, 7) is -0.479. The predicted octanol–water partition coefficient (Wildman–Crippen LogP) is 4.22. The van der Waals surface area contributed by atoms with Gasteiger partial charge in [0.2, 0.25) is 5.76 Å². The molecule has 2 aromatic heterocycles. The molecule has 142 valence electrons. The van der Waals surface area contributed by atoms with Gasteiger partial charge in [0.25, 0.3) is 5.91 Å². The second-order valence-electron chi connectivity index (χ2n) is 5.97. The Hall–Kier alpha value is -3.96. The van der Waals surface area contributed by atoms with Crippen molar-refractivity contribution in [3.63, 3.8) is 0 Å². The molecule has 0 unspecified atom stereocenters. The number of benzene rings is 2. The normalized spacial score (nSPS) is 10.4. The fraction of sp³-hybridized carbons (Fsp3) is 0.0476. The minimum absolute atomic E-state index is 0.0152. The molecule has 0 saturated carbocycles. The van der Waals surface area contributed by atoms with E-state index in [2.05, 4.69) is 10.3 Å². The van der Waals surface area contributed by atoms with E-state index in [1.807, 2.05) is 30.3 Å². The Bertz CT molecular complexity index is 1220. The van der Waals surface area contributed by atoms with E-state index in [4.69, 9.17) is 14.4 Å². The second-order valence-corrected chi connectivity index (χ2v) is 7.00. The van der Waals surface area contributed by atoms with Gasteiger partial charge in [-0.05, 0) is 42.5 Å². The van der Waals surface area contributed by atoms with Crippen LogP contribution in [0.15, 0.2) is 65.1 Å². The molecule has 1 N–H and O–H groups in total. The van der Waals surface area contributed by atoms with Crippen molar-refractivity contribution in [1.29, 1.82) is 5.26 Å². The third-order valence-electron chi connectivity index (χ3n) is 3.92. The predicted molar refractivity (Wildman–Crippen MR) is 107 cm³/mol. The number of para-hydroxylation sites is 1. The third kappa shape index (κ3) is 4.15. The lowest BCUT2D eigenvalue weighted by atomic mass is 10.2. The Morgan fingerprint density at radius 2 is 2.00 bits per heavy atom. The number of furan rings is 1. The molecule has 0 atom stereocenters. The van der Waals surface area contributed by atoms with Gasteiger partial charge < -0.3 is 14.5 Å². The Labute approximate surface area is 169 Å². The number of amides is 1. The van der Waals surface area contributed by atoms with Crippen LogP contribution in [0, 0.1) is 11.3 Å². The number of nitrogens with one attached hydrogen (secondary N) is 1. The van der Waals surface area contributed by atoms with Crippen molar-refractivity contribution in [2.24, 2.45) is 0 Å². The van der Waals surface area contributed by atoms with Gasteiger partial charge in [-0.3, -0.25) is 4.79 Å². The molecule has 4 rings (SSSR count). The van der Waals surface area contributed by atoms with Crippen molar-refractivity contribution in [2.45, 2.75) is 0 Å². The lowest BCUT2D eigenvalue weighted by Gasteiger charge is -2.05. The summed E-state index contributed by atoms with van der Waals surface area (Å²) < 4.78 is 11.6. The Kier molecular flexibility index (Phi) is 5.05. The Balaban J connectivity index is 1.37. The SMILES string of the molecule is N#Cc1cccc(NC(=O)COC(=O)c2ccc(-c3nc4ccccc4s3)o2)c1. The summed E-state index contributed by atoms with van der Waals surface area (Å²) in [4.78, 5) is 28.6. The molecule has 0 radical (unpaired) electrons. The van der Waals surface area contributed by atoms with Gasteiger partial charge in [-0.1, -0.05) is 18.2 Å². The minimum Gasteiger partial charge on any atom is -0.450 e. The Morgan fingerprint density at radius 1 is 1.14 bits per heavy atom. The molecule has 1 amide bonds. The van der Waals surface area contributed by atoms with Crippen LogP contribution in [0.4, 0.5) is 5.69 Å². The summed E-state index contributed by atoms with van der Waals surface area (Å²) in [5.74, 6) is -0.834. The van der Waals surface area contributed by atoms with E-state index in [-0.39, 0.29) is 5.76 Å². The highest BCUT2D eigenvalue weighted by Gasteiger charge is 2.17. The van der Waals surface area contributed by atoms with Gasteiger partial charge in [-0.15, -0.1) is 11.3 Å². The summed E-state index contributed by atoms with van der Waals surface area (Å²) in [5.41, 5.74) is 1.71. The number of ether oxygens (including phenoxy) is 1. The largest absolute Gasteiger partial charge is 0.450 e. The second kappa shape index (κ2) is 7.96. The van der Waals surface area contributed by atoms with Crippen LogP contribution < -0.4 is 5.32 Å². The molecule has 0 bridgehead atoms. The van der Waals surface area contributed by atoms with Gasteiger partial charge in [0.15, 0.2) is 17.4 Å². The number of hydrogen-bond acceptors (Lipinski definition) is 7. The third-order valence-corrected chi connectivity index (χ3v) is 4.97. The smallest absolute Gasteiger partial charge is 0.374 e. The number of carbonyl (C=O) groups is 2. The van der Waals surface area contributed by atoms with E-state index >= 15 is 0 Å². The summed E-state index contributed by atoms with van der Waals surface area (Å²) in [6, 6.07) is 19.2. The Morgan fingerprint density at radius 3 is 2.83 bits per heavy atom. The molecule has 0 aliphatic heterocycles. The molecule has 2 heterocycles. The summed E-state index contributed by atoms with van der Waals surface area (Å²) in [5, 5.41) is 12.1. The van der Waals surface area contributed by atoms with Crippen molar-refractivity contribution in [1.82, 2.24) is 4.98 Å². The molecule has 0 saturated heterocycles. The topological polar surface area (TPSA) is 105 Å². The summed E-state index contributed by atoms with van der Waals surface area (Å²) in [6.07, 6.45) is 0. The quantitative estimate of drug-likeness (QED) is 0.500. The molecule has 4 aromatic rings. The molecule has 0 spiro atoms. The van der Waals surface area contributed by atoms with Crippen molar-refractivity contribution in [2.75, 3.05) is 11.9 Å². The van der Waals surface area contributed by atoms with E-state index in [1.165, 1.54) is 23.5 Å². The molecule has 7 nitrogen and oxygen atoms in total. The van der Waals surface area contributed by atoms with Crippen LogP contribution in [0.2, 0.25) is 0 Å². The monoisotopic (exact) mass is 403 g/mol. The number of carbonyl (C=O) groups excluding carboxylic acids is 2. The summed E-state index contributed by atoms with van der Waals surface area (Å²) in [7, 11) is 0. The number of thiazole rings is 1. The van der Waals surface area contributed by atoms with Crippen LogP contribution in [0.1, 0.15) is 16.1 Å². The molecule has 2 aromatic carbocycles. The highest BCUT2D eigenvalue weighted by atomic mass is 32.1. The molecule has 0 fully saturated rings. The van der Waals surface area contributed by atoms with Crippen molar-refractivity contribution < 1.29 is 18.7 Å². The zero-order valence-corrected chi connectivity index (χ0v) is 15.7. The first-order valence-corrected chi connectivity index (χ1v) is 9.37. The number of anilines is 1. The molecule has 29 heavy (non-hydrogen) atoms. The highest BCUT2D eigenvalue weighted by molar-refractivity contribution is 7.21. The van der Waals surface area contributed by atoms with Crippen LogP contribution in [-0.4, -0.2) is 23.5 Å². The number of nitriles is 1. The fourth-order valence-corrected chi connectivity index (χ4v) is 3.53. The van der Waals surface area contributed by atoms with E-state index in [1.54, 1.807) is 24.3 Å². The van der Waals surface area contributed by atoms with Crippen LogP contribution in [0.3, 0.4) is 0 Å². The lowest BCUT2D eigenvalue weighted by molar-refractivity contribution is -0.119. The number of hydrogen-bond donors (Lipinski definition) is 1. The van der Waals surface area contributed by atoms with E-state index < -0.39 is 18.5 Å². The molecule has 8 heteroatoms. The van der Waals surface area contributed by atoms with Crippen molar-refractivity contribution in [3.05, 3.63) is 72.0 Å². The maximum Gasteiger partial charge on any atom is 0.374 e. The number of aromatic nitrogens is 1. The van der Waals surface area contributed by atoms with Gasteiger partial charge in [-0.2, -0.15) is 5.26 Å². The number of esters is 1. The maximum atomic E-state index is 12.2.